The predicted octanol–water partition coefficient (Wildman–Crippen LogP) is 6.59. The first-order valence-corrected chi connectivity index (χ1v) is 14.3. The van der Waals surface area contributed by atoms with E-state index >= 15 is 4.39 Å². The Labute approximate surface area is 247 Å². The molecule has 0 spiro atoms. The molecule has 0 saturated carbocycles. The van der Waals surface area contributed by atoms with Crippen LogP contribution in [0.4, 0.5) is 27.3 Å². The lowest BCUT2D eigenvalue weighted by molar-refractivity contribution is 0.601. The number of hydrogen-bond donors (Lipinski definition) is 3. The maximum Gasteiger partial charge on any atom is 0.263 e. The van der Waals surface area contributed by atoms with Crippen LogP contribution >= 0.6 is 34.8 Å². The van der Waals surface area contributed by atoms with Crippen LogP contribution in [0, 0.1) is 5.82 Å². The predicted molar refractivity (Wildman–Crippen MR) is 158 cm³/mol. The molecule has 0 amide bonds. The average molecular weight is 630 g/mol. The van der Waals surface area contributed by atoms with Gasteiger partial charge in [-0.05, 0) is 48.5 Å². The van der Waals surface area contributed by atoms with Gasteiger partial charge in [-0.1, -0.05) is 46.9 Å². The molecule has 0 aliphatic rings. The number of pyridine rings is 1. The standard InChI is InChI=1S/C26H16Cl3FN8O2S/c27-13-3-1-6-19(21(13)28)41(39,40)37-16-8-7-14(30)23(22(16)29)36-26-25-17(32-11-33-26)9-10-20(35-25)38-12-34-24-15(31)4-2-5-18(24)38/h1-12,37H,31H2,(H,32,33,36). The monoisotopic (exact) mass is 628 g/mol. The number of imidazole rings is 1. The third kappa shape index (κ3) is 4.84. The van der Waals surface area contributed by atoms with Crippen LogP contribution in [0.1, 0.15) is 0 Å². The summed E-state index contributed by atoms with van der Waals surface area (Å²) in [4.78, 5) is 17.3. The largest absolute Gasteiger partial charge is 0.397 e. The number of aromatic nitrogens is 5. The smallest absolute Gasteiger partial charge is 0.263 e. The van der Waals surface area contributed by atoms with Gasteiger partial charge >= 0.3 is 0 Å². The van der Waals surface area contributed by atoms with Crippen molar-refractivity contribution in [3.63, 3.8) is 0 Å². The first-order valence-electron chi connectivity index (χ1n) is 11.7. The maximum atomic E-state index is 15.1. The Bertz CT molecular complexity index is 2110. The van der Waals surface area contributed by atoms with E-state index in [0.717, 1.165) is 11.6 Å². The van der Waals surface area contributed by atoms with Crippen molar-refractivity contribution >= 4 is 89.8 Å². The summed E-state index contributed by atoms with van der Waals surface area (Å²) in [7, 11) is -4.23. The summed E-state index contributed by atoms with van der Waals surface area (Å²) in [6.45, 7) is 0. The fraction of sp³-hybridized carbons (Fsp3) is 0. The van der Waals surface area contributed by atoms with Crippen molar-refractivity contribution in [2.45, 2.75) is 4.90 Å². The zero-order chi connectivity index (χ0) is 28.9. The molecule has 0 atom stereocenters. The Kier molecular flexibility index (Phi) is 6.78. The third-order valence-electron chi connectivity index (χ3n) is 6.11. The van der Waals surface area contributed by atoms with E-state index in [1.54, 1.807) is 35.2 Å². The number of para-hydroxylation sites is 1. The highest BCUT2D eigenvalue weighted by atomic mass is 35.5. The first-order chi connectivity index (χ1) is 19.6. The fourth-order valence-electron chi connectivity index (χ4n) is 4.16. The second-order valence-electron chi connectivity index (χ2n) is 8.66. The molecule has 41 heavy (non-hydrogen) atoms. The lowest BCUT2D eigenvalue weighted by Crippen LogP contribution is -2.14. The Morgan fingerprint density at radius 2 is 1.68 bits per heavy atom. The zero-order valence-electron chi connectivity index (χ0n) is 20.5. The van der Waals surface area contributed by atoms with Gasteiger partial charge in [0, 0.05) is 0 Å². The number of anilines is 4. The summed E-state index contributed by atoms with van der Waals surface area (Å²) < 4.78 is 45.2. The molecule has 4 N–H and O–H groups in total. The van der Waals surface area contributed by atoms with E-state index < -0.39 is 15.8 Å². The normalized spacial score (nSPS) is 11.7. The molecule has 206 valence electrons. The van der Waals surface area contributed by atoms with Gasteiger partial charge in [0.25, 0.3) is 10.0 Å². The minimum absolute atomic E-state index is 0.0526. The van der Waals surface area contributed by atoms with Crippen LogP contribution in [0.5, 0.6) is 0 Å². The number of hydrogen-bond acceptors (Lipinski definition) is 8. The number of nitrogens with one attached hydrogen (secondary N) is 2. The Balaban J connectivity index is 1.40. The van der Waals surface area contributed by atoms with Crippen LogP contribution in [0.15, 0.2) is 78.2 Å². The molecule has 15 heteroatoms. The average Bonchev–Trinajstić information content (AvgIpc) is 3.39. The Hall–Kier alpha value is -4.23. The molecular formula is C26H16Cl3FN8O2S. The highest BCUT2D eigenvalue weighted by molar-refractivity contribution is 7.92. The van der Waals surface area contributed by atoms with Crippen molar-refractivity contribution in [2.75, 3.05) is 15.8 Å². The maximum absolute atomic E-state index is 15.1. The molecule has 10 nitrogen and oxygen atoms in total. The van der Waals surface area contributed by atoms with Gasteiger partial charge in [-0.2, -0.15) is 0 Å². The Morgan fingerprint density at radius 3 is 2.51 bits per heavy atom. The second kappa shape index (κ2) is 10.3. The molecular weight excluding hydrogens is 614 g/mol. The molecule has 0 bridgehead atoms. The van der Waals surface area contributed by atoms with E-state index in [0.29, 0.717) is 28.1 Å². The number of nitrogens with zero attached hydrogens (tertiary/aromatic N) is 5. The third-order valence-corrected chi connectivity index (χ3v) is 8.84. The van der Waals surface area contributed by atoms with Gasteiger partial charge in [0.15, 0.2) is 5.82 Å². The van der Waals surface area contributed by atoms with Crippen molar-refractivity contribution in [1.82, 2.24) is 24.5 Å². The molecule has 3 aromatic carbocycles. The quantitative estimate of drug-likeness (QED) is 0.175. The summed E-state index contributed by atoms with van der Waals surface area (Å²) in [5.41, 5.74) is 8.32. The van der Waals surface area contributed by atoms with Crippen molar-refractivity contribution in [3.05, 3.63) is 94.2 Å². The van der Waals surface area contributed by atoms with Crippen LogP contribution in [-0.2, 0) is 10.0 Å². The minimum atomic E-state index is -4.23. The van der Waals surface area contributed by atoms with Crippen LogP contribution in [0.3, 0.4) is 0 Å². The van der Waals surface area contributed by atoms with E-state index in [2.05, 4.69) is 30.0 Å². The highest BCUT2D eigenvalue weighted by Gasteiger charge is 2.23. The number of rotatable bonds is 6. The Morgan fingerprint density at radius 1 is 0.878 bits per heavy atom. The van der Waals surface area contributed by atoms with Crippen molar-refractivity contribution in [1.29, 1.82) is 0 Å². The van der Waals surface area contributed by atoms with Gasteiger partial charge in [0.2, 0.25) is 0 Å². The molecule has 0 fully saturated rings. The molecule has 6 aromatic rings. The van der Waals surface area contributed by atoms with Crippen LogP contribution in [0.2, 0.25) is 15.1 Å². The van der Waals surface area contributed by atoms with Crippen LogP contribution in [0.25, 0.3) is 27.9 Å². The van der Waals surface area contributed by atoms with Gasteiger partial charge in [0.05, 0.1) is 43.2 Å². The van der Waals surface area contributed by atoms with Crippen LogP contribution in [-0.4, -0.2) is 32.9 Å². The van der Waals surface area contributed by atoms with Gasteiger partial charge in [0.1, 0.15) is 40.2 Å². The number of benzene rings is 3. The van der Waals surface area contributed by atoms with Crippen molar-refractivity contribution in [2.24, 2.45) is 0 Å². The summed E-state index contributed by atoms with van der Waals surface area (Å²) in [5, 5.41) is 2.47. The van der Waals surface area contributed by atoms with Gasteiger partial charge in [-0.15, -0.1) is 0 Å². The SMILES string of the molecule is Nc1cccc2c1ncn2-c1ccc2ncnc(Nc3c(F)ccc(NS(=O)(=O)c4cccc(Cl)c4Cl)c3Cl)c2n1. The topological polar surface area (TPSA) is 141 Å². The minimum Gasteiger partial charge on any atom is -0.397 e. The van der Waals surface area contributed by atoms with E-state index in [4.69, 9.17) is 40.5 Å². The molecule has 0 radical (unpaired) electrons. The van der Waals surface area contributed by atoms with Gasteiger partial charge < -0.3 is 11.1 Å². The molecule has 0 unspecified atom stereocenters. The van der Waals surface area contributed by atoms with E-state index in [1.165, 1.54) is 30.6 Å². The molecule has 0 aliphatic heterocycles. The number of nitrogens with two attached hydrogens (primary N) is 1. The van der Waals surface area contributed by atoms with Crippen LogP contribution < -0.4 is 15.8 Å². The van der Waals surface area contributed by atoms with E-state index in [-0.39, 0.29) is 37.2 Å². The number of fused-ring (bicyclic) bond motifs is 2. The summed E-state index contributed by atoms with van der Waals surface area (Å²) in [5.74, 6) is -0.160. The van der Waals surface area contributed by atoms with Crippen molar-refractivity contribution < 1.29 is 12.8 Å². The summed E-state index contributed by atoms with van der Waals surface area (Å²) >= 11 is 18.6. The molecule has 6 rings (SSSR count). The lowest BCUT2D eigenvalue weighted by Gasteiger charge is -2.16. The fourth-order valence-corrected chi connectivity index (χ4v) is 6.29. The number of sulfonamides is 1. The lowest BCUT2D eigenvalue weighted by atomic mass is 10.2. The van der Waals surface area contributed by atoms with Crippen molar-refractivity contribution in [3.8, 4) is 5.82 Å². The van der Waals surface area contributed by atoms with Gasteiger partial charge in [-0.25, -0.2) is 32.7 Å². The molecule has 0 saturated heterocycles. The zero-order valence-corrected chi connectivity index (χ0v) is 23.6. The number of nitrogen functional groups attached to an aromatic ring is 1. The highest BCUT2D eigenvalue weighted by Crippen LogP contribution is 2.38. The molecule has 3 aromatic heterocycles. The number of halogens is 4. The summed E-state index contributed by atoms with van der Waals surface area (Å²) in [6, 6.07) is 15.3. The van der Waals surface area contributed by atoms with Gasteiger partial charge in [-0.3, -0.25) is 9.29 Å². The second-order valence-corrected chi connectivity index (χ2v) is 11.5. The first kappa shape index (κ1) is 27.0. The van der Waals surface area contributed by atoms with E-state index in [9.17, 15) is 8.42 Å². The molecule has 0 aliphatic carbocycles. The molecule has 3 heterocycles. The summed E-state index contributed by atoms with van der Waals surface area (Å²) in [6.07, 6.45) is 2.86. The van der Waals surface area contributed by atoms with E-state index in [1.807, 2.05) is 6.07 Å².